The molecule has 0 spiro atoms. The Morgan fingerprint density at radius 1 is 1.44 bits per heavy atom. The van der Waals surface area contributed by atoms with Gasteiger partial charge in [0.05, 0.1) is 18.3 Å². The van der Waals surface area contributed by atoms with Gasteiger partial charge < -0.3 is 0 Å². The van der Waals surface area contributed by atoms with Gasteiger partial charge in [0.1, 0.15) is 10.0 Å². The first-order valence-electron chi connectivity index (χ1n) is 4.03. The monoisotopic (exact) mass is 268 g/mol. The maximum absolute atomic E-state index is 12.3. The highest BCUT2D eigenvalue weighted by Gasteiger charge is 2.32. The Morgan fingerprint density at radius 2 is 2.19 bits per heavy atom. The third-order valence-electron chi connectivity index (χ3n) is 1.78. The van der Waals surface area contributed by atoms with Gasteiger partial charge in [-0.3, -0.25) is 4.68 Å². The zero-order valence-electron chi connectivity index (χ0n) is 7.57. The number of alkyl halides is 3. The predicted molar refractivity (Wildman–Crippen MR) is 51.3 cm³/mol. The summed E-state index contributed by atoms with van der Waals surface area (Å²) in [6.07, 6.45) is -2.73. The van der Waals surface area contributed by atoms with Gasteiger partial charge in [0.2, 0.25) is 0 Å². The molecule has 0 N–H and O–H groups in total. The van der Waals surface area contributed by atoms with Crippen LogP contribution in [0.2, 0.25) is 4.34 Å². The Morgan fingerprint density at radius 3 is 2.69 bits per heavy atom. The molecule has 2 heterocycles. The van der Waals surface area contributed by atoms with Gasteiger partial charge >= 0.3 is 6.18 Å². The second kappa shape index (κ2) is 4.02. The van der Waals surface area contributed by atoms with Crippen LogP contribution in [0.5, 0.6) is 0 Å². The molecule has 4 nitrogen and oxygen atoms in total. The first-order valence-corrected chi connectivity index (χ1v) is 5.18. The molecule has 0 aliphatic carbocycles. The maximum Gasteiger partial charge on any atom is 0.419 e. The van der Waals surface area contributed by atoms with Crippen molar-refractivity contribution in [1.82, 2.24) is 19.4 Å². The van der Waals surface area contributed by atoms with E-state index in [1.165, 1.54) is 0 Å². The molecule has 9 heteroatoms. The minimum atomic E-state index is -4.39. The summed E-state index contributed by atoms with van der Waals surface area (Å²) in [5.41, 5.74) is -0.393. The van der Waals surface area contributed by atoms with E-state index in [4.69, 9.17) is 11.6 Å². The average Bonchev–Trinajstić information content (AvgIpc) is 2.76. The Kier molecular flexibility index (Phi) is 2.85. The minimum absolute atomic E-state index is 0.0748. The molecule has 0 aliphatic heterocycles. The lowest BCUT2D eigenvalue weighted by Crippen LogP contribution is -2.04. The molecular formula is C7H4ClF3N4S. The normalized spacial score (nSPS) is 12.0. The molecule has 0 saturated heterocycles. The summed E-state index contributed by atoms with van der Waals surface area (Å²) in [5.74, 6) is 0. The predicted octanol–water partition coefficient (Wildman–Crippen LogP) is 2.46. The summed E-state index contributed by atoms with van der Waals surface area (Å²) >= 11 is 6.69. The largest absolute Gasteiger partial charge is 0.419 e. The first kappa shape index (κ1) is 11.3. The highest BCUT2D eigenvalue weighted by atomic mass is 35.5. The lowest BCUT2D eigenvalue weighted by atomic mass is 10.3. The molecule has 0 radical (unpaired) electrons. The highest BCUT2D eigenvalue weighted by Crippen LogP contribution is 2.28. The maximum atomic E-state index is 12.3. The van der Waals surface area contributed by atoms with Gasteiger partial charge in [0, 0.05) is 17.7 Å². The number of hydrogen-bond donors (Lipinski definition) is 0. The van der Waals surface area contributed by atoms with Crippen molar-refractivity contribution in [2.75, 3.05) is 0 Å². The van der Waals surface area contributed by atoms with E-state index in [1.54, 1.807) is 0 Å². The van der Waals surface area contributed by atoms with Crippen molar-refractivity contribution in [3.8, 4) is 0 Å². The van der Waals surface area contributed by atoms with E-state index >= 15 is 0 Å². The summed E-state index contributed by atoms with van der Waals surface area (Å²) in [7, 11) is 0. The van der Waals surface area contributed by atoms with Crippen LogP contribution in [0.1, 0.15) is 11.3 Å². The van der Waals surface area contributed by atoms with Crippen LogP contribution < -0.4 is 0 Å². The molecule has 2 rings (SSSR count). The second-order valence-electron chi connectivity index (χ2n) is 2.92. The van der Waals surface area contributed by atoms with Crippen LogP contribution in [0.3, 0.4) is 0 Å². The van der Waals surface area contributed by atoms with Gasteiger partial charge in [-0.05, 0) is 0 Å². The van der Waals surface area contributed by atoms with Crippen LogP contribution in [0, 0.1) is 0 Å². The Labute approximate surface area is 96.8 Å². The Balaban J connectivity index is 2.18. The number of nitrogens with zero attached hydrogens (tertiary/aromatic N) is 4. The quantitative estimate of drug-likeness (QED) is 0.840. The van der Waals surface area contributed by atoms with Gasteiger partial charge in [-0.15, -0.1) is 5.10 Å². The van der Waals surface area contributed by atoms with Crippen LogP contribution in [0.15, 0.2) is 12.4 Å². The second-order valence-corrected chi connectivity index (χ2v) is 4.27. The van der Waals surface area contributed by atoms with E-state index in [2.05, 4.69) is 14.7 Å². The molecule has 0 bridgehead atoms. The summed E-state index contributed by atoms with van der Waals surface area (Å²) < 4.78 is 41.8. The van der Waals surface area contributed by atoms with Crippen molar-refractivity contribution in [2.24, 2.45) is 0 Å². The summed E-state index contributed by atoms with van der Waals surface area (Å²) in [5, 5.41) is 7.25. The zero-order chi connectivity index (χ0) is 11.8. The van der Waals surface area contributed by atoms with E-state index in [-0.39, 0.29) is 6.54 Å². The molecular weight excluding hydrogens is 265 g/mol. The van der Waals surface area contributed by atoms with E-state index in [1.807, 2.05) is 0 Å². The molecule has 0 aromatic carbocycles. The van der Waals surface area contributed by atoms with Crippen LogP contribution in [0.4, 0.5) is 13.2 Å². The van der Waals surface area contributed by atoms with Crippen molar-refractivity contribution < 1.29 is 13.2 Å². The first-order chi connectivity index (χ1) is 7.47. The molecule has 16 heavy (non-hydrogen) atoms. The van der Waals surface area contributed by atoms with Crippen molar-refractivity contribution in [3.63, 3.8) is 0 Å². The fourth-order valence-electron chi connectivity index (χ4n) is 1.04. The fraction of sp³-hybridized carbons (Fsp3) is 0.286. The summed E-state index contributed by atoms with van der Waals surface area (Å²) in [4.78, 5) is 0. The third kappa shape index (κ3) is 2.33. The van der Waals surface area contributed by atoms with Gasteiger partial charge in [0.25, 0.3) is 0 Å². The van der Waals surface area contributed by atoms with Crippen molar-refractivity contribution in [1.29, 1.82) is 0 Å². The van der Waals surface area contributed by atoms with Gasteiger partial charge in [0.15, 0.2) is 0 Å². The third-order valence-corrected chi connectivity index (χ3v) is 2.77. The Bertz CT molecular complexity index is 492. The molecule has 0 atom stereocenters. The number of aromatic nitrogens is 4. The van der Waals surface area contributed by atoms with Gasteiger partial charge in [-0.25, -0.2) is 0 Å². The fourth-order valence-corrected chi connectivity index (χ4v) is 1.65. The Hall–Kier alpha value is -1.15. The molecule has 0 aliphatic rings. The topological polar surface area (TPSA) is 43.6 Å². The molecule has 0 fully saturated rings. The SMILES string of the molecule is FC(F)(F)c1cnn(Cc2nnsc2Cl)c1. The lowest BCUT2D eigenvalue weighted by Gasteiger charge is -2.00. The molecule has 2 aromatic rings. The van der Waals surface area contributed by atoms with Crippen molar-refractivity contribution in [3.05, 3.63) is 28.0 Å². The standard InChI is InChI=1S/C7H4ClF3N4S/c8-6-5(13-14-16-6)3-15-2-4(1-12-15)7(9,10)11/h1-2H,3H2. The molecule has 0 amide bonds. The van der Waals surface area contributed by atoms with Gasteiger partial charge in [-0.1, -0.05) is 16.1 Å². The van der Waals surface area contributed by atoms with Crippen LogP contribution in [-0.4, -0.2) is 19.4 Å². The minimum Gasteiger partial charge on any atom is -0.266 e. The lowest BCUT2D eigenvalue weighted by molar-refractivity contribution is -0.137. The molecule has 2 aromatic heterocycles. The van der Waals surface area contributed by atoms with E-state index < -0.39 is 11.7 Å². The summed E-state index contributed by atoms with van der Waals surface area (Å²) in [6.45, 7) is 0.0748. The highest BCUT2D eigenvalue weighted by molar-refractivity contribution is 7.10. The van der Waals surface area contributed by atoms with Crippen LogP contribution in [0.25, 0.3) is 0 Å². The number of hydrogen-bond acceptors (Lipinski definition) is 4. The average molecular weight is 269 g/mol. The van der Waals surface area contributed by atoms with Crippen LogP contribution >= 0.6 is 23.1 Å². The van der Waals surface area contributed by atoms with E-state index in [0.29, 0.717) is 10.0 Å². The number of halogens is 4. The number of rotatable bonds is 2. The van der Waals surface area contributed by atoms with E-state index in [0.717, 1.165) is 28.6 Å². The zero-order valence-corrected chi connectivity index (χ0v) is 9.14. The van der Waals surface area contributed by atoms with Crippen molar-refractivity contribution >= 4 is 23.1 Å². The van der Waals surface area contributed by atoms with Crippen molar-refractivity contribution in [2.45, 2.75) is 12.7 Å². The van der Waals surface area contributed by atoms with E-state index in [9.17, 15) is 13.2 Å². The molecule has 86 valence electrons. The van der Waals surface area contributed by atoms with Gasteiger partial charge in [-0.2, -0.15) is 18.3 Å². The molecule has 0 unspecified atom stereocenters. The smallest absolute Gasteiger partial charge is 0.266 e. The summed E-state index contributed by atoms with van der Waals surface area (Å²) in [6, 6.07) is 0. The van der Waals surface area contributed by atoms with Crippen LogP contribution in [-0.2, 0) is 12.7 Å². The molecule has 0 saturated carbocycles.